The lowest BCUT2D eigenvalue weighted by molar-refractivity contribution is -0.121. The molecule has 2 amide bonds. The number of nitrogens with one attached hydrogen (secondary N) is 1. The van der Waals surface area contributed by atoms with Gasteiger partial charge in [-0.25, -0.2) is 13.9 Å². The second-order valence-electron chi connectivity index (χ2n) is 8.81. The molecule has 0 bridgehead atoms. The van der Waals surface area contributed by atoms with Gasteiger partial charge in [0.05, 0.1) is 22.9 Å². The molecule has 0 aliphatic carbocycles. The second-order valence-corrected chi connectivity index (χ2v) is 8.81. The highest BCUT2D eigenvalue weighted by atomic mass is 19.1. The Kier molecular flexibility index (Phi) is 6.66. The van der Waals surface area contributed by atoms with Gasteiger partial charge >= 0.3 is 0 Å². The first kappa shape index (κ1) is 24.7. The molecule has 0 radical (unpaired) electrons. The fraction of sp³-hybridized carbons (Fsp3) is 0.269. The molecule has 1 N–H and O–H groups in total. The summed E-state index contributed by atoms with van der Waals surface area (Å²) in [5, 5.41) is 15.4. The van der Waals surface area contributed by atoms with Crippen LogP contribution in [-0.4, -0.2) is 46.0 Å². The number of halogens is 2. The van der Waals surface area contributed by atoms with Crippen molar-refractivity contribution in [2.24, 2.45) is 0 Å². The number of rotatable bonds is 4. The van der Waals surface area contributed by atoms with Crippen molar-refractivity contribution >= 4 is 17.5 Å². The molecule has 0 spiro atoms. The maximum absolute atomic E-state index is 14.7. The van der Waals surface area contributed by atoms with Crippen LogP contribution in [0, 0.1) is 36.8 Å². The van der Waals surface area contributed by atoms with Gasteiger partial charge in [0.1, 0.15) is 24.2 Å². The lowest BCUT2D eigenvalue weighted by atomic mass is 10.0. The monoisotopic (exact) mass is 491 g/mol. The summed E-state index contributed by atoms with van der Waals surface area (Å²) in [5.74, 6) is -2.55. The van der Waals surface area contributed by atoms with Gasteiger partial charge in [0.15, 0.2) is 0 Å². The first-order chi connectivity index (χ1) is 17.1. The number of anilines is 1. The van der Waals surface area contributed by atoms with Gasteiger partial charge in [-0.2, -0.15) is 10.4 Å². The third-order valence-electron chi connectivity index (χ3n) is 6.42. The third kappa shape index (κ3) is 4.60. The Morgan fingerprint density at radius 3 is 2.56 bits per heavy atom. The van der Waals surface area contributed by atoms with Crippen molar-refractivity contribution < 1.29 is 18.4 Å². The number of hydrogen-bond acceptors (Lipinski definition) is 5. The number of piperazine rings is 1. The minimum absolute atomic E-state index is 0.107. The zero-order chi connectivity index (χ0) is 26.1. The van der Waals surface area contributed by atoms with Crippen LogP contribution in [0.1, 0.15) is 45.2 Å². The summed E-state index contributed by atoms with van der Waals surface area (Å²) in [6.07, 6.45) is 0.275. The van der Waals surface area contributed by atoms with Crippen molar-refractivity contribution in [3.8, 4) is 6.07 Å². The van der Waals surface area contributed by atoms with E-state index in [1.807, 2.05) is 0 Å². The molecule has 0 unspecified atom stereocenters. The van der Waals surface area contributed by atoms with Crippen molar-refractivity contribution in [2.45, 2.75) is 33.2 Å². The number of carbonyl (C=O) groups is 2. The highest BCUT2D eigenvalue weighted by Crippen LogP contribution is 2.25. The lowest BCUT2D eigenvalue weighted by Gasteiger charge is -2.39. The maximum atomic E-state index is 14.7. The van der Waals surface area contributed by atoms with E-state index in [1.54, 1.807) is 32.9 Å². The molecule has 2 heterocycles. The molecule has 1 aliphatic rings. The molecule has 36 heavy (non-hydrogen) atoms. The van der Waals surface area contributed by atoms with Gasteiger partial charge in [0.2, 0.25) is 5.91 Å². The van der Waals surface area contributed by atoms with Crippen LogP contribution in [0.15, 0.2) is 41.2 Å². The molecular weight excluding hydrogens is 468 g/mol. The number of amides is 2. The van der Waals surface area contributed by atoms with Gasteiger partial charge in [0, 0.05) is 24.2 Å². The molecule has 1 aliphatic heterocycles. The van der Waals surface area contributed by atoms with Gasteiger partial charge in [-0.3, -0.25) is 14.4 Å². The fourth-order valence-corrected chi connectivity index (χ4v) is 4.30. The first-order valence-electron chi connectivity index (χ1n) is 11.2. The van der Waals surface area contributed by atoms with Crippen molar-refractivity contribution in [1.82, 2.24) is 15.1 Å². The summed E-state index contributed by atoms with van der Waals surface area (Å²) in [4.78, 5) is 40.5. The van der Waals surface area contributed by atoms with Gasteiger partial charge in [-0.15, -0.1) is 0 Å². The van der Waals surface area contributed by atoms with E-state index >= 15 is 0 Å². The minimum atomic E-state index is -0.741. The number of aromatic amines is 1. The van der Waals surface area contributed by atoms with Crippen molar-refractivity contribution in [3.63, 3.8) is 0 Å². The number of benzene rings is 2. The summed E-state index contributed by atoms with van der Waals surface area (Å²) in [5.41, 5.74) is 2.15. The molecule has 8 nitrogen and oxygen atoms in total. The van der Waals surface area contributed by atoms with Crippen LogP contribution in [-0.2, 0) is 11.2 Å². The van der Waals surface area contributed by atoms with Crippen LogP contribution in [0.25, 0.3) is 0 Å². The van der Waals surface area contributed by atoms with Gasteiger partial charge in [-0.05, 0) is 62.2 Å². The van der Waals surface area contributed by atoms with Crippen LogP contribution >= 0.6 is 0 Å². The highest BCUT2D eigenvalue weighted by molar-refractivity contribution is 6.02. The molecule has 1 aromatic heterocycles. The fourth-order valence-electron chi connectivity index (χ4n) is 4.30. The van der Waals surface area contributed by atoms with Gasteiger partial charge in [-0.1, -0.05) is 6.07 Å². The summed E-state index contributed by atoms with van der Waals surface area (Å²) < 4.78 is 28.8. The van der Waals surface area contributed by atoms with Gasteiger partial charge < -0.3 is 9.80 Å². The average Bonchev–Trinajstić information content (AvgIpc) is 2.84. The molecule has 184 valence electrons. The third-order valence-corrected chi connectivity index (χ3v) is 6.42. The Balaban J connectivity index is 1.56. The number of nitriles is 1. The summed E-state index contributed by atoms with van der Waals surface area (Å²) in [6.45, 7) is 4.95. The first-order valence-corrected chi connectivity index (χ1v) is 11.2. The normalized spacial score (nSPS) is 15.7. The van der Waals surface area contributed by atoms with E-state index in [4.69, 9.17) is 5.26 Å². The Labute approximate surface area is 205 Å². The van der Waals surface area contributed by atoms with E-state index in [0.29, 0.717) is 22.4 Å². The molecule has 3 aromatic rings. The second kappa shape index (κ2) is 9.70. The van der Waals surface area contributed by atoms with Crippen LogP contribution in [0.4, 0.5) is 14.5 Å². The Hall–Kier alpha value is -4.39. The molecule has 1 atom stereocenters. The topological polar surface area (TPSA) is 110 Å². The molecule has 1 fully saturated rings. The van der Waals surface area contributed by atoms with E-state index in [9.17, 15) is 23.2 Å². The van der Waals surface area contributed by atoms with Crippen LogP contribution in [0.2, 0.25) is 0 Å². The molecule has 1 saturated heterocycles. The summed E-state index contributed by atoms with van der Waals surface area (Å²) in [7, 11) is 0. The SMILES string of the molecule is Cc1c(Cc2ccc(F)c(C(=O)N3CC(=O)N(c4ccc(C#N)c(F)c4)[C@@H](C)C3)c2)n[nH]c(=O)c1C. The van der Waals surface area contributed by atoms with Crippen LogP contribution < -0.4 is 10.5 Å². The zero-order valence-corrected chi connectivity index (χ0v) is 19.9. The maximum Gasteiger partial charge on any atom is 0.267 e. The van der Waals surface area contributed by atoms with Gasteiger partial charge in [0.25, 0.3) is 11.5 Å². The summed E-state index contributed by atoms with van der Waals surface area (Å²) in [6, 6.07) is 9.27. The van der Waals surface area contributed by atoms with E-state index < -0.39 is 29.5 Å². The van der Waals surface area contributed by atoms with Crippen LogP contribution in [0.3, 0.4) is 0 Å². The number of carbonyl (C=O) groups excluding carboxylic acids is 2. The van der Waals surface area contributed by atoms with E-state index in [1.165, 1.54) is 34.1 Å². The largest absolute Gasteiger partial charge is 0.327 e. The Bertz CT molecular complexity index is 1480. The Morgan fingerprint density at radius 2 is 1.89 bits per heavy atom. The number of H-pyrrole nitrogens is 1. The standard InChI is InChI=1S/C26H23F2N5O3/c1-14-12-32(13-24(34)33(14)19-6-5-18(11-29)22(28)10-19)26(36)20-8-17(4-7-21(20)27)9-23-15(2)16(3)25(35)31-30-23/h4-8,10,14H,9,12-13H2,1-3H3,(H,31,35)/t14-/m0/s1. The highest BCUT2D eigenvalue weighted by Gasteiger charge is 2.34. The molecule has 4 rings (SSSR count). The molecule has 0 saturated carbocycles. The number of nitrogens with zero attached hydrogens (tertiary/aromatic N) is 4. The summed E-state index contributed by atoms with van der Waals surface area (Å²) >= 11 is 0. The predicted molar refractivity (Wildman–Crippen MR) is 128 cm³/mol. The van der Waals surface area contributed by atoms with Crippen molar-refractivity contribution in [3.05, 3.63) is 91.9 Å². The smallest absolute Gasteiger partial charge is 0.267 e. The lowest BCUT2D eigenvalue weighted by Crippen LogP contribution is -2.57. The van der Waals surface area contributed by atoms with E-state index in [2.05, 4.69) is 10.2 Å². The molecular formula is C26H23F2N5O3. The Morgan fingerprint density at radius 1 is 1.14 bits per heavy atom. The van der Waals surface area contributed by atoms with Crippen molar-refractivity contribution in [1.29, 1.82) is 5.26 Å². The molecule has 2 aromatic carbocycles. The predicted octanol–water partition coefficient (Wildman–Crippen LogP) is 3.00. The van der Waals surface area contributed by atoms with E-state index in [-0.39, 0.29) is 41.9 Å². The van der Waals surface area contributed by atoms with Crippen molar-refractivity contribution in [2.75, 3.05) is 18.0 Å². The average molecular weight is 491 g/mol. The van der Waals surface area contributed by atoms with E-state index in [0.717, 1.165) is 6.07 Å². The molecule has 10 heteroatoms. The number of hydrogen-bond donors (Lipinski definition) is 1. The quantitative estimate of drug-likeness (QED) is 0.603. The number of aromatic nitrogens is 2. The van der Waals surface area contributed by atoms with Crippen LogP contribution in [0.5, 0.6) is 0 Å². The zero-order valence-electron chi connectivity index (χ0n) is 19.9. The minimum Gasteiger partial charge on any atom is -0.327 e.